The monoisotopic (exact) mass is 257 g/mol. The zero-order valence-electron chi connectivity index (χ0n) is 10.6. The number of nitrogen functional groups attached to an aromatic ring is 1. The van der Waals surface area contributed by atoms with Gasteiger partial charge in [0.05, 0.1) is 7.11 Å². The van der Waals surface area contributed by atoms with E-state index in [-0.39, 0.29) is 5.84 Å². The van der Waals surface area contributed by atoms with Crippen molar-refractivity contribution in [1.29, 1.82) is 5.41 Å². The first kappa shape index (κ1) is 12.9. The van der Waals surface area contributed by atoms with Crippen LogP contribution in [0.5, 0.6) is 11.6 Å². The highest BCUT2D eigenvalue weighted by atomic mass is 16.5. The number of nitrogens with two attached hydrogens (primary N) is 1. The Labute approximate surface area is 111 Å². The van der Waals surface area contributed by atoms with Crippen LogP contribution in [0.25, 0.3) is 0 Å². The Balaban J connectivity index is 1.95. The molecule has 0 unspecified atom stereocenters. The van der Waals surface area contributed by atoms with E-state index in [1.54, 1.807) is 19.2 Å². The van der Waals surface area contributed by atoms with Gasteiger partial charge in [0.15, 0.2) is 0 Å². The summed E-state index contributed by atoms with van der Waals surface area (Å²) in [6.45, 7) is 0.427. The third-order valence-electron chi connectivity index (χ3n) is 2.59. The highest BCUT2D eigenvalue weighted by molar-refractivity contribution is 5.94. The largest absolute Gasteiger partial charge is 0.497 e. The second-order valence-electron chi connectivity index (χ2n) is 3.94. The molecule has 0 aliphatic carbocycles. The molecule has 1 heterocycles. The number of ether oxygens (including phenoxy) is 2. The van der Waals surface area contributed by atoms with Gasteiger partial charge in [0.1, 0.15) is 18.2 Å². The van der Waals surface area contributed by atoms with Crippen molar-refractivity contribution in [3.63, 3.8) is 0 Å². The molecule has 0 amide bonds. The predicted octanol–water partition coefficient (Wildman–Crippen LogP) is 1.95. The molecule has 2 aromatic rings. The lowest BCUT2D eigenvalue weighted by Crippen LogP contribution is -2.11. The van der Waals surface area contributed by atoms with Crippen LogP contribution in [0.15, 0.2) is 42.6 Å². The molecule has 1 aromatic heterocycles. The molecule has 0 radical (unpaired) electrons. The van der Waals surface area contributed by atoms with E-state index in [0.29, 0.717) is 18.1 Å². The van der Waals surface area contributed by atoms with Gasteiger partial charge in [-0.3, -0.25) is 5.41 Å². The molecule has 0 saturated heterocycles. The number of hydrogen-bond acceptors (Lipinski definition) is 4. The fraction of sp³-hybridized carbons (Fsp3) is 0.143. The second kappa shape index (κ2) is 5.86. The molecule has 0 atom stereocenters. The van der Waals surface area contributed by atoms with Crippen LogP contribution in [0.2, 0.25) is 0 Å². The normalized spacial score (nSPS) is 9.95. The van der Waals surface area contributed by atoms with Crippen molar-refractivity contribution in [3.05, 3.63) is 53.7 Å². The number of benzene rings is 1. The zero-order chi connectivity index (χ0) is 13.7. The van der Waals surface area contributed by atoms with Crippen LogP contribution >= 0.6 is 0 Å². The minimum absolute atomic E-state index is 0.00537. The van der Waals surface area contributed by atoms with E-state index in [4.69, 9.17) is 20.6 Å². The van der Waals surface area contributed by atoms with Crippen molar-refractivity contribution < 1.29 is 9.47 Å². The summed E-state index contributed by atoms with van der Waals surface area (Å²) in [5.41, 5.74) is 6.95. The van der Waals surface area contributed by atoms with Crippen LogP contribution < -0.4 is 15.2 Å². The van der Waals surface area contributed by atoms with E-state index in [0.717, 1.165) is 11.3 Å². The summed E-state index contributed by atoms with van der Waals surface area (Å²) < 4.78 is 10.6. The van der Waals surface area contributed by atoms with Crippen molar-refractivity contribution in [2.75, 3.05) is 7.11 Å². The Bertz CT molecular complexity index is 550. The molecule has 0 aliphatic rings. The van der Waals surface area contributed by atoms with Crippen LogP contribution in [0, 0.1) is 5.41 Å². The van der Waals surface area contributed by atoms with E-state index in [9.17, 15) is 0 Å². The Kier molecular flexibility index (Phi) is 3.97. The summed E-state index contributed by atoms with van der Waals surface area (Å²) in [5, 5.41) is 7.27. The Morgan fingerprint density at radius 1 is 1.21 bits per heavy atom. The van der Waals surface area contributed by atoms with Crippen LogP contribution in [-0.4, -0.2) is 17.9 Å². The standard InChI is InChI=1S/C14H15N3O2/c1-18-12-5-2-10(3-6-12)9-19-13-7-4-11(8-17-13)14(15)16/h2-8H,9H2,1H3,(H3,15,16). The fourth-order valence-corrected chi connectivity index (χ4v) is 1.50. The molecule has 98 valence electrons. The van der Waals surface area contributed by atoms with Gasteiger partial charge < -0.3 is 15.2 Å². The molecule has 5 heteroatoms. The minimum Gasteiger partial charge on any atom is -0.497 e. The number of pyridine rings is 1. The van der Waals surface area contributed by atoms with E-state index in [1.165, 1.54) is 6.20 Å². The van der Waals surface area contributed by atoms with Crippen molar-refractivity contribution in [1.82, 2.24) is 4.98 Å². The minimum atomic E-state index is -0.00537. The van der Waals surface area contributed by atoms with Crippen molar-refractivity contribution >= 4 is 5.84 Å². The average molecular weight is 257 g/mol. The molecule has 0 bridgehead atoms. The van der Waals surface area contributed by atoms with Gasteiger partial charge >= 0.3 is 0 Å². The molecular formula is C14H15N3O2. The first-order valence-electron chi connectivity index (χ1n) is 5.75. The zero-order valence-corrected chi connectivity index (χ0v) is 10.6. The van der Waals surface area contributed by atoms with Crippen LogP contribution in [0.3, 0.4) is 0 Å². The molecule has 3 N–H and O–H groups in total. The van der Waals surface area contributed by atoms with Gasteiger partial charge in [0.25, 0.3) is 0 Å². The third-order valence-corrected chi connectivity index (χ3v) is 2.59. The number of aromatic nitrogens is 1. The number of nitrogens with zero attached hydrogens (tertiary/aromatic N) is 1. The highest BCUT2D eigenvalue weighted by Gasteiger charge is 2.00. The van der Waals surface area contributed by atoms with Crippen LogP contribution in [-0.2, 0) is 6.61 Å². The summed E-state index contributed by atoms with van der Waals surface area (Å²) >= 11 is 0. The first-order valence-corrected chi connectivity index (χ1v) is 5.75. The summed E-state index contributed by atoms with van der Waals surface area (Å²) in [7, 11) is 1.63. The van der Waals surface area contributed by atoms with Gasteiger partial charge in [0.2, 0.25) is 5.88 Å². The van der Waals surface area contributed by atoms with E-state index in [1.807, 2.05) is 24.3 Å². The Morgan fingerprint density at radius 2 is 1.95 bits per heavy atom. The lowest BCUT2D eigenvalue weighted by molar-refractivity contribution is 0.293. The second-order valence-corrected chi connectivity index (χ2v) is 3.94. The summed E-state index contributed by atoms with van der Waals surface area (Å²) in [4.78, 5) is 4.08. The lowest BCUT2D eigenvalue weighted by atomic mass is 10.2. The van der Waals surface area contributed by atoms with Gasteiger partial charge in [-0.2, -0.15) is 0 Å². The maximum absolute atomic E-state index is 7.27. The summed E-state index contributed by atoms with van der Waals surface area (Å²) in [6.07, 6.45) is 1.52. The number of nitrogens with one attached hydrogen (secondary N) is 1. The van der Waals surface area contributed by atoms with E-state index < -0.39 is 0 Å². The highest BCUT2D eigenvalue weighted by Crippen LogP contribution is 2.14. The lowest BCUT2D eigenvalue weighted by Gasteiger charge is -2.06. The number of amidine groups is 1. The molecule has 0 spiro atoms. The summed E-state index contributed by atoms with van der Waals surface area (Å²) in [5.74, 6) is 1.31. The van der Waals surface area contributed by atoms with Gasteiger partial charge in [-0.15, -0.1) is 0 Å². The van der Waals surface area contributed by atoms with Crippen molar-refractivity contribution in [3.8, 4) is 11.6 Å². The van der Waals surface area contributed by atoms with Gasteiger partial charge in [-0.05, 0) is 23.8 Å². The molecule has 0 aliphatic heterocycles. The Hall–Kier alpha value is -2.56. The molecule has 1 aromatic carbocycles. The van der Waals surface area contributed by atoms with Crippen molar-refractivity contribution in [2.45, 2.75) is 6.61 Å². The molecule has 0 fully saturated rings. The molecule has 19 heavy (non-hydrogen) atoms. The van der Waals surface area contributed by atoms with E-state index in [2.05, 4.69) is 4.98 Å². The van der Waals surface area contributed by atoms with Gasteiger partial charge in [0, 0.05) is 17.8 Å². The molecule has 0 saturated carbocycles. The van der Waals surface area contributed by atoms with Crippen molar-refractivity contribution in [2.24, 2.45) is 5.73 Å². The average Bonchev–Trinajstić information content (AvgIpc) is 2.46. The SMILES string of the molecule is COc1ccc(COc2ccc(C(=N)N)cn2)cc1. The van der Waals surface area contributed by atoms with Gasteiger partial charge in [-0.25, -0.2) is 4.98 Å². The summed E-state index contributed by atoms with van der Waals surface area (Å²) in [6, 6.07) is 11.0. The Morgan fingerprint density at radius 3 is 2.47 bits per heavy atom. The predicted molar refractivity (Wildman–Crippen MR) is 72.6 cm³/mol. The molecular weight excluding hydrogens is 242 g/mol. The molecule has 2 rings (SSSR count). The van der Waals surface area contributed by atoms with Gasteiger partial charge in [-0.1, -0.05) is 12.1 Å². The smallest absolute Gasteiger partial charge is 0.213 e. The maximum Gasteiger partial charge on any atom is 0.213 e. The topological polar surface area (TPSA) is 81.2 Å². The first-order chi connectivity index (χ1) is 9.19. The number of rotatable bonds is 5. The quantitative estimate of drug-likeness (QED) is 0.633. The number of hydrogen-bond donors (Lipinski definition) is 2. The maximum atomic E-state index is 7.27. The third kappa shape index (κ3) is 3.45. The van der Waals surface area contributed by atoms with E-state index >= 15 is 0 Å². The number of methoxy groups -OCH3 is 1. The molecule has 5 nitrogen and oxygen atoms in total. The van der Waals surface area contributed by atoms with Crippen LogP contribution in [0.4, 0.5) is 0 Å². The van der Waals surface area contributed by atoms with Crippen LogP contribution in [0.1, 0.15) is 11.1 Å². The fourth-order valence-electron chi connectivity index (χ4n) is 1.50.